The number of carboxylic acids is 2. The number of nitrogens with zero attached hydrogens (tertiary/aromatic N) is 1. The fraction of sp³-hybridized carbons (Fsp3) is 0.727. The molecule has 0 radical (unpaired) electrons. The molecule has 0 aromatic carbocycles. The monoisotopic (exact) mass is 274 g/mol. The number of nitroso groups, excluding NO2 is 1. The molecule has 0 rings (SSSR count). The molecule has 0 heterocycles. The van der Waals surface area contributed by atoms with Crippen molar-refractivity contribution in [2.45, 2.75) is 45.2 Å². The molecule has 1 amide bonds. The standard InChI is InChI=1S/C11H18N2O6/c1-3-6(2)9(13-19)10(16)12-7(11(17)18)4-5-8(14)15/h6-7,9H,3-5H2,1-2H3,(H,12,16)(H,14,15)(H,17,18)/t6-,7-,9-/m0/s1. The van der Waals surface area contributed by atoms with Crippen molar-refractivity contribution in [2.24, 2.45) is 11.1 Å². The Balaban J connectivity index is 4.65. The Labute approximate surface area is 110 Å². The van der Waals surface area contributed by atoms with Crippen LogP contribution in [0.3, 0.4) is 0 Å². The smallest absolute Gasteiger partial charge is 0.326 e. The third-order valence-electron chi connectivity index (χ3n) is 2.83. The summed E-state index contributed by atoms with van der Waals surface area (Å²) in [7, 11) is 0. The SMILES string of the molecule is CC[C@H](C)[C@H](N=O)C(=O)N[C@@H](CCC(=O)O)C(=O)O. The van der Waals surface area contributed by atoms with Gasteiger partial charge in [-0.3, -0.25) is 9.59 Å². The van der Waals surface area contributed by atoms with Crippen LogP contribution in [0.4, 0.5) is 0 Å². The van der Waals surface area contributed by atoms with E-state index in [0.29, 0.717) is 6.42 Å². The summed E-state index contributed by atoms with van der Waals surface area (Å²) in [4.78, 5) is 43.6. The largest absolute Gasteiger partial charge is 0.481 e. The molecule has 108 valence electrons. The van der Waals surface area contributed by atoms with Gasteiger partial charge in [0.05, 0.1) is 0 Å². The van der Waals surface area contributed by atoms with E-state index in [-0.39, 0.29) is 18.8 Å². The number of amides is 1. The molecule has 8 heteroatoms. The van der Waals surface area contributed by atoms with E-state index in [9.17, 15) is 19.3 Å². The van der Waals surface area contributed by atoms with E-state index in [0.717, 1.165) is 0 Å². The zero-order valence-electron chi connectivity index (χ0n) is 10.8. The van der Waals surface area contributed by atoms with Crippen molar-refractivity contribution in [1.29, 1.82) is 0 Å². The van der Waals surface area contributed by atoms with Crippen molar-refractivity contribution in [3.8, 4) is 0 Å². The molecule has 0 fully saturated rings. The molecule has 0 spiro atoms. The predicted molar refractivity (Wildman–Crippen MR) is 65.5 cm³/mol. The van der Waals surface area contributed by atoms with E-state index in [1.165, 1.54) is 0 Å². The van der Waals surface area contributed by atoms with Gasteiger partial charge in [0.1, 0.15) is 6.04 Å². The third-order valence-corrected chi connectivity index (χ3v) is 2.83. The Morgan fingerprint density at radius 2 is 1.84 bits per heavy atom. The van der Waals surface area contributed by atoms with Crippen LogP contribution in [0.2, 0.25) is 0 Å². The maximum atomic E-state index is 11.7. The summed E-state index contributed by atoms with van der Waals surface area (Å²) < 4.78 is 0. The lowest BCUT2D eigenvalue weighted by Crippen LogP contribution is -2.46. The van der Waals surface area contributed by atoms with E-state index in [1.807, 2.05) is 0 Å². The van der Waals surface area contributed by atoms with Gasteiger partial charge in [0.15, 0.2) is 6.04 Å². The maximum absolute atomic E-state index is 11.7. The van der Waals surface area contributed by atoms with E-state index in [2.05, 4.69) is 10.5 Å². The molecule has 3 N–H and O–H groups in total. The number of hydrogen-bond acceptors (Lipinski definition) is 5. The van der Waals surface area contributed by atoms with Gasteiger partial charge in [0, 0.05) is 6.42 Å². The van der Waals surface area contributed by atoms with Gasteiger partial charge in [-0.25, -0.2) is 4.79 Å². The molecule has 0 saturated carbocycles. The highest BCUT2D eigenvalue weighted by Gasteiger charge is 2.29. The van der Waals surface area contributed by atoms with E-state index >= 15 is 0 Å². The van der Waals surface area contributed by atoms with Crippen molar-refractivity contribution in [3.05, 3.63) is 4.91 Å². The minimum atomic E-state index is -1.34. The lowest BCUT2D eigenvalue weighted by Gasteiger charge is -2.19. The second-order valence-corrected chi connectivity index (χ2v) is 4.27. The molecule has 3 atom stereocenters. The molecule has 0 aromatic heterocycles. The molecule has 0 aliphatic rings. The van der Waals surface area contributed by atoms with Gasteiger partial charge in [-0.05, 0) is 12.3 Å². The van der Waals surface area contributed by atoms with Crippen LogP contribution in [0.1, 0.15) is 33.1 Å². The second-order valence-electron chi connectivity index (χ2n) is 4.27. The Morgan fingerprint density at radius 3 is 2.21 bits per heavy atom. The summed E-state index contributed by atoms with van der Waals surface area (Å²) in [6.45, 7) is 3.42. The van der Waals surface area contributed by atoms with Gasteiger partial charge in [0.25, 0.3) is 0 Å². The molecular formula is C11H18N2O6. The highest BCUT2D eigenvalue weighted by atomic mass is 16.4. The lowest BCUT2D eigenvalue weighted by molar-refractivity contribution is -0.143. The number of carbonyl (C=O) groups is 3. The molecule has 0 aliphatic heterocycles. The summed E-state index contributed by atoms with van der Waals surface area (Å²) in [5.41, 5.74) is 0. The average molecular weight is 274 g/mol. The molecule has 0 unspecified atom stereocenters. The average Bonchev–Trinajstić information content (AvgIpc) is 2.34. The van der Waals surface area contributed by atoms with Crippen LogP contribution in [0.5, 0.6) is 0 Å². The molecular weight excluding hydrogens is 256 g/mol. The zero-order chi connectivity index (χ0) is 15.0. The first kappa shape index (κ1) is 17.0. The Bertz CT molecular complexity index is 357. The number of rotatable bonds is 9. The van der Waals surface area contributed by atoms with Crippen molar-refractivity contribution in [2.75, 3.05) is 0 Å². The summed E-state index contributed by atoms with van der Waals surface area (Å²) in [6.07, 6.45) is -0.0983. The van der Waals surface area contributed by atoms with Crippen LogP contribution in [0.15, 0.2) is 5.18 Å². The van der Waals surface area contributed by atoms with Crippen LogP contribution in [-0.4, -0.2) is 40.1 Å². The molecule has 19 heavy (non-hydrogen) atoms. The van der Waals surface area contributed by atoms with Crippen molar-refractivity contribution in [1.82, 2.24) is 5.32 Å². The fourth-order valence-corrected chi connectivity index (χ4v) is 1.42. The molecule has 8 nitrogen and oxygen atoms in total. The number of carbonyl (C=O) groups excluding carboxylic acids is 1. The quantitative estimate of drug-likeness (QED) is 0.527. The Morgan fingerprint density at radius 1 is 1.26 bits per heavy atom. The topological polar surface area (TPSA) is 133 Å². The molecule has 0 aliphatic carbocycles. The highest BCUT2D eigenvalue weighted by molar-refractivity contribution is 5.87. The number of hydrogen-bond donors (Lipinski definition) is 3. The van der Waals surface area contributed by atoms with Crippen molar-refractivity contribution < 1.29 is 24.6 Å². The van der Waals surface area contributed by atoms with Gasteiger partial charge in [0.2, 0.25) is 5.91 Å². The maximum Gasteiger partial charge on any atom is 0.326 e. The summed E-state index contributed by atoms with van der Waals surface area (Å²) in [6, 6.07) is -2.51. The van der Waals surface area contributed by atoms with E-state index < -0.39 is 29.9 Å². The molecule has 0 aromatic rings. The minimum Gasteiger partial charge on any atom is -0.481 e. The van der Waals surface area contributed by atoms with E-state index in [1.54, 1.807) is 13.8 Å². The zero-order valence-corrected chi connectivity index (χ0v) is 10.8. The number of carboxylic acid groups (broad SMARTS) is 2. The summed E-state index contributed by atoms with van der Waals surface area (Å²) in [5, 5.41) is 22.2. The van der Waals surface area contributed by atoms with Gasteiger partial charge in [-0.2, -0.15) is 0 Å². The van der Waals surface area contributed by atoms with Crippen molar-refractivity contribution in [3.63, 3.8) is 0 Å². The number of aliphatic carboxylic acids is 2. The first-order valence-corrected chi connectivity index (χ1v) is 5.90. The van der Waals surface area contributed by atoms with Gasteiger partial charge in [-0.15, -0.1) is 4.91 Å². The molecule has 0 saturated heterocycles. The highest BCUT2D eigenvalue weighted by Crippen LogP contribution is 2.12. The summed E-state index contributed by atoms with van der Waals surface area (Å²) >= 11 is 0. The van der Waals surface area contributed by atoms with Crippen LogP contribution < -0.4 is 5.32 Å². The van der Waals surface area contributed by atoms with Gasteiger partial charge >= 0.3 is 11.9 Å². The number of nitrogens with one attached hydrogen (secondary N) is 1. The second kappa shape index (κ2) is 8.17. The van der Waals surface area contributed by atoms with Crippen LogP contribution >= 0.6 is 0 Å². The van der Waals surface area contributed by atoms with E-state index in [4.69, 9.17) is 10.2 Å². The lowest BCUT2D eigenvalue weighted by atomic mass is 9.99. The predicted octanol–water partition coefficient (Wildman–Crippen LogP) is 0.602. The van der Waals surface area contributed by atoms with Crippen LogP contribution in [0.25, 0.3) is 0 Å². The molecule has 0 bridgehead atoms. The van der Waals surface area contributed by atoms with Crippen LogP contribution in [-0.2, 0) is 14.4 Å². The fourth-order valence-electron chi connectivity index (χ4n) is 1.42. The summed E-state index contributed by atoms with van der Waals surface area (Å²) in [5.74, 6) is -3.61. The van der Waals surface area contributed by atoms with Crippen molar-refractivity contribution >= 4 is 17.8 Å². The first-order valence-electron chi connectivity index (χ1n) is 5.90. The van der Waals surface area contributed by atoms with Gasteiger partial charge in [-0.1, -0.05) is 25.4 Å². The normalized spacial score (nSPS) is 15.1. The van der Waals surface area contributed by atoms with Gasteiger partial charge < -0.3 is 15.5 Å². The third kappa shape index (κ3) is 5.94. The first-order chi connectivity index (χ1) is 8.83. The minimum absolute atomic E-state index is 0.248. The van der Waals surface area contributed by atoms with Crippen LogP contribution in [0, 0.1) is 10.8 Å². The Kier molecular flexibility index (Phi) is 7.32. The Hall–Kier alpha value is -1.99.